The highest BCUT2D eigenvalue weighted by Crippen LogP contribution is 1.95. The minimum atomic E-state index is 0.197. The standard InChI is InChI=1S/C11H19NO/c1-4-11(3)7-6-8-12(5-2)9-10-13/h4,6-8,13H,1,5,9-10H2,2-3H3/b8-6+,11-7-. The number of allylic oxidation sites excluding steroid dienone is 4. The Kier molecular flexibility index (Phi) is 7.02. The van der Waals surface area contributed by atoms with Crippen LogP contribution in [-0.4, -0.2) is 29.7 Å². The maximum absolute atomic E-state index is 8.72. The predicted molar refractivity (Wildman–Crippen MR) is 57.4 cm³/mol. The smallest absolute Gasteiger partial charge is 0.0606 e. The van der Waals surface area contributed by atoms with Gasteiger partial charge in [0.05, 0.1) is 6.61 Å². The lowest BCUT2D eigenvalue weighted by Gasteiger charge is -2.15. The van der Waals surface area contributed by atoms with Gasteiger partial charge in [0.1, 0.15) is 0 Å². The van der Waals surface area contributed by atoms with E-state index in [9.17, 15) is 0 Å². The summed E-state index contributed by atoms with van der Waals surface area (Å²) in [6.45, 7) is 9.52. The van der Waals surface area contributed by atoms with Gasteiger partial charge in [-0.3, -0.25) is 0 Å². The van der Waals surface area contributed by atoms with Gasteiger partial charge in [-0.2, -0.15) is 0 Å². The van der Waals surface area contributed by atoms with E-state index in [4.69, 9.17) is 5.11 Å². The van der Waals surface area contributed by atoms with Crippen molar-refractivity contribution < 1.29 is 5.11 Å². The average molecular weight is 181 g/mol. The molecule has 0 atom stereocenters. The number of hydrogen-bond acceptors (Lipinski definition) is 2. The molecule has 0 saturated heterocycles. The van der Waals surface area contributed by atoms with Crippen molar-refractivity contribution in [2.24, 2.45) is 0 Å². The fraction of sp³-hybridized carbons (Fsp3) is 0.455. The first kappa shape index (κ1) is 12.0. The van der Waals surface area contributed by atoms with Crippen LogP contribution in [0.3, 0.4) is 0 Å². The van der Waals surface area contributed by atoms with Crippen molar-refractivity contribution >= 4 is 0 Å². The molecule has 74 valence electrons. The second kappa shape index (κ2) is 7.62. The van der Waals surface area contributed by atoms with E-state index in [2.05, 4.69) is 13.5 Å². The highest BCUT2D eigenvalue weighted by molar-refractivity contribution is 5.19. The Labute approximate surface area is 80.9 Å². The maximum atomic E-state index is 8.72. The van der Waals surface area contributed by atoms with E-state index >= 15 is 0 Å². The molecular formula is C11H19NO. The molecule has 0 radical (unpaired) electrons. The van der Waals surface area contributed by atoms with E-state index in [-0.39, 0.29) is 6.61 Å². The Morgan fingerprint density at radius 3 is 2.69 bits per heavy atom. The molecule has 0 bridgehead atoms. The van der Waals surface area contributed by atoms with Crippen molar-refractivity contribution in [2.75, 3.05) is 19.7 Å². The summed E-state index contributed by atoms with van der Waals surface area (Å²) in [5.41, 5.74) is 1.14. The van der Waals surface area contributed by atoms with E-state index in [0.717, 1.165) is 12.1 Å². The van der Waals surface area contributed by atoms with Crippen LogP contribution in [0.2, 0.25) is 0 Å². The lowest BCUT2D eigenvalue weighted by atomic mass is 10.3. The third kappa shape index (κ3) is 6.17. The van der Waals surface area contributed by atoms with Crippen LogP contribution < -0.4 is 0 Å². The van der Waals surface area contributed by atoms with Crippen LogP contribution in [0.25, 0.3) is 0 Å². The third-order valence-electron chi connectivity index (χ3n) is 1.77. The molecule has 0 aromatic rings. The molecule has 0 aliphatic heterocycles. The van der Waals surface area contributed by atoms with Crippen molar-refractivity contribution in [2.45, 2.75) is 13.8 Å². The summed E-state index contributed by atoms with van der Waals surface area (Å²) < 4.78 is 0. The molecule has 0 aromatic heterocycles. The van der Waals surface area contributed by atoms with E-state index < -0.39 is 0 Å². The molecule has 0 rings (SSSR count). The van der Waals surface area contributed by atoms with Crippen molar-refractivity contribution in [1.29, 1.82) is 0 Å². The van der Waals surface area contributed by atoms with Crippen LogP contribution in [0.5, 0.6) is 0 Å². The summed E-state index contributed by atoms with van der Waals surface area (Å²) in [5.74, 6) is 0. The molecule has 0 fully saturated rings. The minimum absolute atomic E-state index is 0.197. The molecule has 2 nitrogen and oxygen atoms in total. The van der Waals surface area contributed by atoms with Gasteiger partial charge in [0.25, 0.3) is 0 Å². The topological polar surface area (TPSA) is 23.5 Å². The Bertz CT molecular complexity index is 194. The lowest BCUT2D eigenvalue weighted by molar-refractivity contribution is 0.241. The Morgan fingerprint density at radius 1 is 1.54 bits per heavy atom. The molecule has 0 aliphatic rings. The Balaban J connectivity index is 3.99. The summed E-state index contributed by atoms with van der Waals surface area (Å²) in [7, 11) is 0. The largest absolute Gasteiger partial charge is 0.395 e. The van der Waals surface area contributed by atoms with E-state index in [0.29, 0.717) is 6.54 Å². The van der Waals surface area contributed by atoms with Gasteiger partial charge in [0.15, 0.2) is 0 Å². The van der Waals surface area contributed by atoms with Crippen LogP contribution in [0.15, 0.2) is 36.6 Å². The first-order chi connectivity index (χ1) is 6.24. The highest BCUT2D eigenvalue weighted by Gasteiger charge is 1.91. The monoisotopic (exact) mass is 181 g/mol. The zero-order chi connectivity index (χ0) is 10.1. The summed E-state index contributed by atoms with van der Waals surface area (Å²) in [6, 6.07) is 0. The molecule has 0 aliphatic carbocycles. The molecule has 0 aromatic carbocycles. The molecule has 0 spiro atoms. The van der Waals surface area contributed by atoms with Crippen LogP contribution in [-0.2, 0) is 0 Å². The second-order valence-corrected chi connectivity index (χ2v) is 2.81. The van der Waals surface area contributed by atoms with Gasteiger partial charge in [-0.15, -0.1) is 0 Å². The lowest BCUT2D eigenvalue weighted by Crippen LogP contribution is -2.20. The van der Waals surface area contributed by atoms with Gasteiger partial charge >= 0.3 is 0 Å². The Morgan fingerprint density at radius 2 is 2.23 bits per heavy atom. The Hall–Kier alpha value is -1.02. The minimum Gasteiger partial charge on any atom is -0.395 e. The molecular weight excluding hydrogens is 162 g/mol. The number of aliphatic hydroxyl groups excluding tert-OH is 1. The zero-order valence-electron chi connectivity index (χ0n) is 8.53. The predicted octanol–water partition coefficient (Wildman–Crippen LogP) is 1.95. The molecule has 0 saturated carbocycles. The fourth-order valence-corrected chi connectivity index (χ4v) is 0.851. The fourth-order valence-electron chi connectivity index (χ4n) is 0.851. The normalized spacial score (nSPS) is 12.1. The summed E-state index contributed by atoms with van der Waals surface area (Å²) in [5, 5.41) is 8.72. The highest BCUT2D eigenvalue weighted by atomic mass is 16.3. The summed E-state index contributed by atoms with van der Waals surface area (Å²) >= 11 is 0. The zero-order valence-corrected chi connectivity index (χ0v) is 8.53. The molecule has 0 heterocycles. The molecule has 0 unspecified atom stereocenters. The molecule has 1 N–H and O–H groups in total. The maximum Gasteiger partial charge on any atom is 0.0606 e. The average Bonchev–Trinajstić information content (AvgIpc) is 2.16. The number of likely N-dealkylation sites (N-methyl/N-ethyl adjacent to an activating group) is 1. The van der Waals surface area contributed by atoms with E-state index in [1.807, 2.05) is 36.3 Å². The molecule has 2 heteroatoms. The van der Waals surface area contributed by atoms with Gasteiger partial charge in [-0.05, 0) is 26.1 Å². The third-order valence-corrected chi connectivity index (χ3v) is 1.77. The first-order valence-electron chi connectivity index (χ1n) is 4.57. The number of nitrogens with zero attached hydrogens (tertiary/aromatic N) is 1. The SMILES string of the molecule is C=C/C(C)=C\C=C\N(CC)CCO. The van der Waals surface area contributed by atoms with Crippen molar-refractivity contribution in [1.82, 2.24) is 4.90 Å². The van der Waals surface area contributed by atoms with Crippen molar-refractivity contribution in [3.8, 4) is 0 Å². The molecule has 13 heavy (non-hydrogen) atoms. The van der Waals surface area contributed by atoms with Crippen molar-refractivity contribution in [3.05, 3.63) is 36.6 Å². The van der Waals surface area contributed by atoms with Gasteiger partial charge < -0.3 is 10.0 Å². The first-order valence-corrected chi connectivity index (χ1v) is 4.57. The summed E-state index contributed by atoms with van der Waals surface area (Å²) in [4.78, 5) is 2.05. The van der Waals surface area contributed by atoms with Crippen LogP contribution >= 0.6 is 0 Å². The van der Waals surface area contributed by atoms with Crippen LogP contribution in [0, 0.1) is 0 Å². The second-order valence-electron chi connectivity index (χ2n) is 2.81. The van der Waals surface area contributed by atoms with Crippen LogP contribution in [0.4, 0.5) is 0 Å². The van der Waals surface area contributed by atoms with Crippen molar-refractivity contribution in [3.63, 3.8) is 0 Å². The quantitative estimate of drug-likeness (QED) is 0.633. The summed E-state index contributed by atoms with van der Waals surface area (Å²) in [6.07, 6.45) is 7.75. The number of rotatable bonds is 6. The van der Waals surface area contributed by atoms with Gasteiger partial charge in [0.2, 0.25) is 0 Å². The number of hydrogen-bond donors (Lipinski definition) is 1. The van der Waals surface area contributed by atoms with Gasteiger partial charge in [0, 0.05) is 13.1 Å². The van der Waals surface area contributed by atoms with E-state index in [1.165, 1.54) is 0 Å². The van der Waals surface area contributed by atoms with E-state index in [1.54, 1.807) is 0 Å². The molecule has 0 amide bonds. The van der Waals surface area contributed by atoms with Crippen LogP contribution in [0.1, 0.15) is 13.8 Å². The number of aliphatic hydroxyl groups is 1. The van der Waals surface area contributed by atoms with Gasteiger partial charge in [-0.25, -0.2) is 0 Å². The van der Waals surface area contributed by atoms with Gasteiger partial charge in [-0.1, -0.05) is 24.3 Å².